The van der Waals surface area contributed by atoms with Crippen molar-refractivity contribution in [3.63, 3.8) is 0 Å². The van der Waals surface area contributed by atoms with E-state index in [2.05, 4.69) is 10.3 Å². The van der Waals surface area contributed by atoms with Crippen molar-refractivity contribution in [2.75, 3.05) is 5.32 Å². The lowest BCUT2D eigenvalue weighted by molar-refractivity contribution is 0.0131. The van der Waals surface area contributed by atoms with Crippen LogP contribution in [0.1, 0.15) is 44.7 Å². The summed E-state index contributed by atoms with van der Waals surface area (Å²) in [7, 11) is 0. The Hall–Kier alpha value is -2.40. The van der Waals surface area contributed by atoms with Crippen molar-refractivity contribution in [1.82, 2.24) is 4.98 Å². The van der Waals surface area contributed by atoms with Crippen LogP contribution in [0.15, 0.2) is 48.7 Å². The summed E-state index contributed by atoms with van der Waals surface area (Å²) in [5.41, 5.74) is 0.387. The minimum absolute atomic E-state index is 0.264. The molecule has 1 aliphatic carbocycles. The number of hydrogen-bond acceptors (Lipinski definition) is 4. The lowest BCUT2D eigenvalue weighted by Crippen LogP contribution is -2.31. The summed E-state index contributed by atoms with van der Waals surface area (Å²) in [5.74, 6) is 0.684. The molecule has 1 aliphatic rings. The van der Waals surface area contributed by atoms with Crippen molar-refractivity contribution in [2.45, 2.75) is 51.2 Å². The second kappa shape index (κ2) is 7.08. The number of nitrogens with zero attached hydrogens (tertiary/aromatic N) is 1. The number of aliphatic hydroxyl groups is 1. The van der Waals surface area contributed by atoms with Gasteiger partial charge in [0, 0.05) is 12.6 Å². The van der Waals surface area contributed by atoms with Crippen molar-refractivity contribution in [3.05, 3.63) is 59.8 Å². The van der Waals surface area contributed by atoms with E-state index in [1.165, 1.54) is 0 Å². The highest BCUT2D eigenvalue weighted by Gasteiger charge is 2.44. The van der Waals surface area contributed by atoms with E-state index in [1.54, 1.807) is 12.3 Å². The Bertz CT molecular complexity index is 766. The average molecular weight is 354 g/mol. The van der Waals surface area contributed by atoms with Crippen LogP contribution in [0.5, 0.6) is 0 Å². The van der Waals surface area contributed by atoms with E-state index in [-0.39, 0.29) is 5.92 Å². The van der Waals surface area contributed by atoms with E-state index in [0.717, 1.165) is 24.0 Å². The fourth-order valence-electron chi connectivity index (χ4n) is 3.14. The van der Waals surface area contributed by atoms with Gasteiger partial charge in [0.1, 0.15) is 11.4 Å². The van der Waals surface area contributed by atoms with Crippen LogP contribution in [0.3, 0.4) is 0 Å². The Morgan fingerprint density at radius 3 is 2.54 bits per heavy atom. The van der Waals surface area contributed by atoms with Gasteiger partial charge in [-0.3, -0.25) is 5.32 Å². The molecular weight excluding hydrogens is 328 g/mol. The number of ether oxygens (including phenoxy) is 1. The van der Waals surface area contributed by atoms with E-state index in [1.807, 2.05) is 57.2 Å². The predicted octanol–water partition coefficient (Wildman–Crippen LogP) is 4.27. The molecule has 26 heavy (non-hydrogen) atoms. The van der Waals surface area contributed by atoms with Gasteiger partial charge in [-0.1, -0.05) is 30.3 Å². The van der Waals surface area contributed by atoms with Crippen molar-refractivity contribution >= 4 is 11.9 Å². The molecule has 1 amide bonds. The first kappa shape index (κ1) is 18.4. The molecule has 3 rings (SSSR count). The minimum Gasteiger partial charge on any atom is -0.444 e. The topological polar surface area (TPSA) is 71.5 Å². The lowest BCUT2D eigenvalue weighted by atomic mass is 9.83. The van der Waals surface area contributed by atoms with Crippen LogP contribution in [0.25, 0.3) is 0 Å². The maximum absolute atomic E-state index is 11.9. The summed E-state index contributed by atoms with van der Waals surface area (Å²) < 4.78 is 5.26. The fraction of sp³-hybridized carbons (Fsp3) is 0.429. The summed E-state index contributed by atoms with van der Waals surface area (Å²) in [5, 5.41) is 14.0. The first-order valence-corrected chi connectivity index (χ1v) is 8.99. The molecule has 0 spiro atoms. The van der Waals surface area contributed by atoms with Crippen LogP contribution in [0.2, 0.25) is 0 Å². The molecule has 0 aliphatic heterocycles. The Balaban J connectivity index is 1.76. The number of aromatic nitrogens is 1. The number of amides is 1. The number of carbonyl (C=O) groups is 1. The third kappa shape index (κ3) is 4.61. The van der Waals surface area contributed by atoms with Crippen molar-refractivity contribution in [1.29, 1.82) is 0 Å². The number of hydrogen-bond donors (Lipinski definition) is 2. The maximum Gasteiger partial charge on any atom is 0.413 e. The van der Waals surface area contributed by atoms with Gasteiger partial charge in [-0.2, -0.15) is 0 Å². The van der Waals surface area contributed by atoms with Crippen LogP contribution in [-0.2, 0) is 16.8 Å². The zero-order chi connectivity index (χ0) is 18.8. The van der Waals surface area contributed by atoms with E-state index in [4.69, 9.17) is 4.74 Å². The third-order valence-electron chi connectivity index (χ3n) is 4.45. The maximum atomic E-state index is 11.9. The summed E-state index contributed by atoms with van der Waals surface area (Å²) in [6.45, 7) is 5.43. The Labute approximate surface area is 154 Å². The zero-order valence-electron chi connectivity index (χ0n) is 15.5. The molecule has 1 unspecified atom stereocenters. The molecule has 1 aromatic heterocycles. The molecular formula is C21H26N2O3. The molecule has 1 saturated carbocycles. The first-order valence-electron chi connectivity index (χ1n) is 8.99. The van der Waals surface area contributed by atoms with Crippen molar-refractivity contribution < 1.29 is 14.6 Å². The Kier molecular flexibility index (Phi) is 5.01. The summed E-state index contributed by atoms with van der Waals surface area (Å²) in [6, 6.07) is 13.5. The molecule has 2 aromatic rings. The van der Waals surface area contributed by atoms with Gasteiger partial charge >= 0.3 is 6.09 Å². The van der Waals surface area contributed by atoms with Crippen molar-refractivity contribution in [2.24, 2.45) is 5.92 Å². The van der Waals surface area contributed by atoms with Crippen LogP contribution < -0.4 is 5.32 Å². The summed E-state index contributed by atoms with van der Waals surface area (Å²) >= 11 is 0. The van der Waals surface area contributed by atoms with Gasteiger partial charge in [0.25, 0.3) is 0 Å². The smallest absolute Gasteiger partial charge is 0.413 e. The van der Waals surface area contributed by atoms with Crippen LogP contribution in [0, 0.1) is 5.92 Å². The van der Waals surface area contributed by atoms with Gasteiger partial charge in [-0.15, -0.1) is 0 Å². The van der Waals surface area contributed by atoms with E-state index in [0.29, 0.717) is 12.2 Å². The minimum atomic E-state index is -0.897. The van der Waals surface area contributed by atoms with Gasteiger partial charge in [0.15, 0.2) is 0 Å². The van der Waals surface area contributed by atoms with Gasteiger partial charge in [-0.05, 0) is 62.8 Å². The second-order valence-electron chi connectivity index (χ2n) is 7.92. The van der Waals surface area contributed by atoms with Gasteiger partial charge in [-0.25, -0.2) is 9.78 Å². The third-order valence-corrected chi connectivity index (χ3v) is 4.45. The zero-order valence-corrected chi connectivity index (χ0v) is 15.5. The van der Waals surface area contributed by atoms with E-state index in [9.17, 15) is 9.90 Å². The van der Waals surface area contributed by atoms with Gasteiger partial charge in [0.05, 0.1) is 5.60 Å². The van der Waals surface area contributed by atoms with Crippen LogP contribution in [-0.4, -0.2) is 21.8 Å². The average Bonchev–Trinajstić information content (AvgIpc) is 3.39. The molecule has 2 N–H and O–H groups in total. The highest BCUT2D eigenvalue weighted by Crippen LogP contribution is 2.47. The fourth-order valence-corrected chi connectivity index (χ4v) is 3.14. The molecule has 0 radical (unpaired) electrons. The molecule has 1 aromatic carbocycles. The monoisotopic (exact) mass is 354 g/mol. The number of carbonyl (C=O) groups excluding carboxylic acids is 1. The molecule has 138 valence electrons. The highest BCUT2D eigenvalue weighted by atomic mass is 16.6. The number of nitrogens with one attached hydrogen (secondary N) is 1. The van der Waals surface area contributed by atoms with E-state index >= 15 is 0 Å². The molecule has 5 heteroatoms. The highest BCUT2D eigenvalue weighted by molar-refractivity contribution is 5.83. The normalized spacial score (nSPS) is 16.6. The van der Waals surface area contributed by atoms with Gasteiger partial charge < -0.3 is 9.84 Å². The summed E-state index contributed by atoms with van der Waals surface area (Å²) in [4.78, 5) is 16.1. The molecule has 0 saturated heterocycles. The predicted molar refractivity (Wildman–Crippen MR) is 101 cm³/mol. The molecule has 1 atom stereocenters. The number of benzene rings is 1. The standard InChI is InChI=1S/C21H26N2O3/c1-20(2,3)26-19(24)23-18-13-15(11-12-22-18)14-21(25,17-9-10-17)16-7-5-4-6-8-16/h4-8,11-13,17,25H,9-10,14H2,1-3H3,(H,22,23,24). The number of rotatable bonds is 5. The molecule has 1 heterocycles. The van der Waals surface area contributed by atoms with E-state index < -0.39 is 17.3 Å². The second-order valence-corrected chi connectivity index (χ2v) is 7.92. The molecule has 0 bridgehead atoms. The number of pyridine rings is 1. The van der Waals surface area contributed by atoms with Crippen LogP contribution >= 0.6 is 0 Å². The Morgan fingerprint density at radius 1 is 1.23 bits per heavy atom. The van der Waals surface area contributed by atoms with Crippen LogP contribution in [0.4, 0.5) is 10.6 Å². The first-order chi connectivity index (χ1) is 12.3. The summed E-state index contributed by atoms with van der Waals surface area (Å²) in [6.07, 6.45) is 3.63. The lowest BCUT2D eigenvalue weighted by Gasteiger charge is -2.29. The molecule has 1 fully saturated rings. The quantitative estimate of drug-likeness (QED) is 0.841. The SMILES string of the molecule is CC(C)(C)OC(=O)Nc1cc(CC(O)(c2ccccc2)C2CC2)ccn1. The van der Waals surface area contributed by atoms with Gasteiger partial charge in [0.2, 0.25) is 0 Å². The molecule has 5 nitrogen and oxygen atoms in total. The number of anilines is 1. The largest absolute Gasteiger partial charge is 0.444 e. The van der Waals surface area contributed by atoms with Crippen molar-refractivity contribution in [3.8, 4) is 0 Å². The Morgan fingerprint density at radius 2 is 1.92 bits per heavy atom.